The molecular formula is C26H26N4O2. The highest BCUT2D eigenvalue weighted by Gasteiger charge is 2.52. The molecule has 1 atom stereocenters. The number of oxime groups is 1. The van der Waals surface area contributed by atoms with Gasteiger partial charge < -0.3 is 19.0 Å². The smallest absolute Gasteiger partial charge is 0.237 e. The number of benzene rings is 2. The summed E-state index contributed by atoms with van der Waals surface area (Å²) in [4.78, 5) is 12.9. The van der Waals surface area contributed by atoms with E-state index < -0.39 is 5.72 Å². The number of aromatic nitrogens is 2. The van der Waals surface area contributed by atoms with E-state index in [1.165, 1.54) is 16.7 Å². The summed E-state index contributed by atoms with van der Waals surface area (Å²) in [6, 6.07) is 14.9. The Labute approximate surface area is 187 Å². The summed E-state index contributed by atoms with van der Waals surface area (Å²) < 4.78 is 7.69. The minimum absolute atomic E-state index is 0.438. The summed E-state index contributed by atoms with van der Waals surface area (Å²) in [5.74, 6) is 1.79. The first-order valence-corrected chi connectivity index (χ1v) is 11.2. The SMILES string of the molecule is COc1cc(/C=C2\CCCN3C2=NOC32CCc3ccccc32)ccc1-n1cnc(C)c1. The van der Waals surface area contributed by atoms with Crippen LogP contribution in [0.2, 0.25) is 0 Å². The third-order valence-electron chi connectivity index (χ3n) is 6.80. The highest BCUT2D eigenvalue weighted by Crippen LogP contribution is 2.48. The number of nitrogens with zero attached hydrogens (tertiary/aromatic N) is 4. The van der Waals surface area contributed by atoms with Crippen LogP contribution in [0, 0.1) is 6.92 Å². The Bertz CT molecular complexity index is 1260. The number of hydrogen-bond acceptors (Lipinski definition) is 5. The molecule has 32 heavy (non-hydrogen) atoms. The number of amidine groups is 1. The second kappa shape index (κ2) is 7.26. The van der Waals surface area contributed by atoms with E-state index in [0.29, 0.717) is 0 Å². The highest BCUT2D eigenvalue weighted by atomic mass is 16.7. The molecule has 1 saturated heterocycles. The zero-order chi connectivity index (χ0) is 21.7. The van der Waals surface area contributed by atoms with Gasteiger partial charge in [0, 0.05) is 24.7 Å². The first-order valence-electron chi connectivity index (χ1n) is 11.2. The molecule has 1 unspecified atom stereocenters. The van der Waals surface area contributed by atoms with E-state index in [-0.39, 0.29) is 0 Å². The Morgan fingerprint density at radius 3 is 2.91 bits per heavy atom. The van der Waals surface area contributed by atoms with Crippen molar-refractivity contribution < 1.29 is 9.57 Å². The molecule has 0 N–H and O–H groups in total. The van der Waals surface area contributed by atoms with Crippen molar-refractivity contribution >= 4 is 11.9 Å². The van der Waals surface area contributed by atoms with Crippen LogP contribution in [0.15, 0.2) is 65.7 Å². The van der Waals surface area contributed by atoms with E-state index >= 15 is 0 Å². The molecule has 6 nitrogen and oxygen atoms in total. The zero-order valence-corrected chi connectivity index (χ0v) is 18.4. The largest absolute Gasteiger partial charge is 0.495 e. The van der Waals surface area contributed by atoms with Crippen LogP contribution >= 0.6 is 0 Å². The van der Waals surface area contributed by atoms with Crippen molar-refractivity contribution in [1.29, 1.82) is 0 Å². The molecule has 1 aliphatic carbocycles. The predicted molar refractivity (Wildman–Crippen MR) is 124 cm³/mol. The number of aryl methyl sites for hydroxylation is 2. The van der Waals surface area contributed by atoms with Crippen molar-refractivity contribution in [2.45, 2.75) is 38.3 Å². The Kier molecular flexibility index (Phi) is 4.35. The second-order valence-electron chi connectivity index (χ2n) is 8.73. The quantitative estimate of drug-likeness (QED) is 0.603. The van der Waals surface area contributed by atoms with Crippen LogP contribution in [-0.2, 0) is 17.0 Å². The van der Waals surface area contributed by atoms with Gasteiger partial charge in [0.1, 0.15) is 5.75 Å². The van der Waals surface area contributed by atoms with E-state index in [2.05, 4.69) is 63.6 Å². The van der Waals surface area contributed by atoms with Crippen LogP contribution < -0.4 is 4.74 Å². The minimum Gasteiger partial charge on any atom is -0.495 e. The number of fused-ring (bicyclic) bond motifs is 4. The van der Waals surface area contributed by atoms with Crippen molar-refractivity contribution in [3.63, 3.8) is 0 Å². The van der Waals surface area contributed by atoms with Gasteiger partial charge in [-0.25, -0.2) is 4.98 Å². The van der Waals surface area contributed by atoms with E-state index in [9.17, 15) is 0 Å². The number of piperidine rings is 1. The average molecular weight is 427 g/mol. The summed E-state index contributed by atoms with van der Waals surface area (Å²) in [6.07, 6.45) is 10.1. The average Bonchev–Trinajstić information content (AvgIpc) is 3.53. The van der Waals surface area contributed by atoms with E-state index in [1.54, 1.807) is 7.11 Å². The number of rotatable bonds is 3. The fourth-order valence-electron chi connectivity index (χ4n) is 5.27. The van der Waals surface area contributed by atoms with Gasteiger partial charge in [0.15, 0.2) is 5.84 Å². The third kappa shape index (κ3) is 2.86. The van der Waals surface area contributed by atoms with Crippen LogP contribution in [0.25, 0.3) is 11.8 Å². The molecule has 3 heterocycles. The Morgan fingerprint density at radius 2 is 2.06 bits per heavy atom. The van der Waals surface area contributed by atoms with Gasteiger partial charge in [-0.1, -0.05) is 35.5 Å². The Morgan fingerprint density at radius 1 is 1.16 bits per heavy atom. The normalized spacial score (nSPS) is 22.6. The summed E-state index contributed by atoms with van der Waals surface area (Å²) in [5, 5.41) is 4.61. The lowest BCUT2D eigenvalue weighted by Crippen LogP contribution is -2.47. The fraction of sp³-hybridized carbons (Fsp3) is 0.308. The van der Waals surface area contributed by atoms with Gasteiger partial charge in [0.2, 0.25) is 5.72 Å². The van der Waals surface area contributed by atoms with Gasteiger partial charge in [-0.2, -0.15) is 0 Å². The van der Waals surface area contributed by atoms with Crippen molar-refractivity contribution in [3.05, 3.63) is 82.9 Å². The van der Waals surface area contributed by atoms with Crippen molar-refractivity contribution in [2.75, 3.05) is 13.7 Å². The van der Waals surface area contributed by atoms with Gasteiger partial charge in [0.05, 0.1) is 24.8 Å². The first kappa shape index (κ1) is 19.2. The lowest BCUT2D eigenvalue weighted by molar-refractivity contribution is -0.105. The molecule has 2 aliphatic heterocycles. The summed E-state index contributed by atoms with van der Waals surface area (Å²) in [5.41, 5.74) is 6.45. The molecule has 0 bridgehead atoms. The van der Waals surface area contributed by atoms with Gasteiger partial charge in [-0.15, -0.1) is 0 Å². The van der Waals surface area contributed by atoms with Crippen LogP contribution in [0.5, 0.6) is 5.75 Å². The third-order valence-corrected chi connectivity index (χ3v) is 6.80. The fourth-order valence-corrected chi connectivity index (χ4v) is 5.27. The van der Waals surface area contributed by atoms with Crippen molar-refractivity contribution in [2.24, 2.45) is 5.16 Å². The van der Waals surface area contributed by atoms with E-state index in [0.717, 1.165) is 60.8 Å². The van der Waals surface area contributed by atoms with Gasteiger partial charge >= 0.3 is 0 Å². The summed E-state index contributed by atoms with van der Waals surface area (Å²) in [6.45, 7) is 2.95. The van der Waals surface area contributed by atoms with E-state index in [4.69, 9.17) is 9.57 Å². The van der Waals surface area contributed by atoms with Gasteiger partial charge in [0.25, 0.3) is 0 Å². The second-order valence-corrected chi connectivity index (χ2v) is 8.73. The monoisotopic (exact) mass is 426 g/mol. The zero-order valence-electron chi connectivity index (χ0n) is 18.4. The van der Waals surface area contributed by atoms with Crippen LogP contribution in [0.3, 0.4) is 0 Å². The molecular weight excluding hydrogens is 400 g/mol. The Hall–Kier alpha value is -3.54. The molecule has 0 amide bonds. The molecule has 1 aromatic heterocycles. The van der Waals surface area contributed by atoms with Crippen LogP contribution in [0.1, 0.15) is 41.6 Å². The summed E-state index contributed by atoms with van der Waals surface area (Å²) >= 11 is 0. The maximum atomic E-state index is 6.21. The number of ether oxygens (including phenoxy) is 1. The van der Waals surface area contributed by atoms with Crippen molar-refractivity contribution in [1.82, 2.24) is 14.5 Å². The predicted octanol–water partition coefficient (Wildman–Crippen LogP) is 4.81. The molecule has 6 heteroatoms. The number of hydrogen-bond donors (Lipinski definition) is 0. The standard InChI is InChI=1S/C26H26N4O2/c1-18-16-29(17-27-18)23-10-9-19(15-24(23)31-2)14-21-7-5-13-30-25(21)28-32-26(30)12-11-20-6-3-4-8-22(20)26/h3-4,6,8-10,14-17H,5,7,11-13H2,1-2H3/b21-14+. The molecule has 3 aliphatic rings. The first-order chi connectivity index (χ1) is 15.7. The molecule has 0 saturated carbocycles. The highest BCUT2D eigenvalue weighted by molar-refractivity contribution is 6.03. The number of imidazole rings is 1. The summed E-state index contributed by atoms with van der Waals surface area (Å²) in [7, 11) is 1.71. The molecule has 1 spiro atoms. The lowest BCUT2D eigenvalue weighted by Gasteiger charge is -2.38. The molecule has 3 aromatic rings. The number of methoxy groups -OCH3 is 1. The molecule has 162 valence electrons. The maximum Gasteiger partial charge on any atom is 0.237 e. The Balaban J connectivity index is 1.33. The maximum absolute atomic E-state index is 6.21. The lowest BCUT2D eigenvalue weighted by atomic mass is 9.95. The molecule has 6 rings (SSSR count). The molecule has 1 fully saturated rings. The van der Waals surface area contributed by atoms with E-state index in [1.807, 2.05) is 24.0 Å². The van der Waals surface area contributed by atoms with Gasteiger partial charge in [-0.05, 0) is 61.1 Å². The minimum atomic E-state index is -0.438. The van der Waals surface area contributed by atoms with Crippen LogP contribution in [0.4, 0.5) is 0 Å². The van der Waals surface area contributed by atoms with Gasteiger partial charge in [-0.3, -0.25) is 0 Å². The van der Waals surface area contributed by atoms with Crippen molar-refractivity contribution in [3.8, 4) is 11.4 Å². The van der Waals surface area contributed by atoms with Crippen LogP contribution in [-0.4, -0.2) is 33.9 Å². The topological polar surface area (TPSA) is 51.9 Å². The molecule has 2 aromatic carbocycles. The molecule has 0 radical (unpaired) electrons.